The number of carbonyl (C=O) groups excluding carboxylic acids is 1. The Labute approximate surface area is 112 Å². The molecule has 17 heavy (non-hydrogen) atoms. The minimum atomic E-state index is -0.623. The van der Waals surface area contributed by atoms with E-state index >= 15 is 0 Å². The van der Waals surface area contributed by atoms with Gasteiger partial charge in [0, 0.05) is 5.69 Å². The van der Waals surface area contributed by atoms with E-state index in [1.54, 1.807) is 31.2 Å². The molecule has 0 aromatic heterocycles. The summed E-state index contributed by atoms with van der Waals surface area (Å²) in [6.07, 6.45) is 0. The molecule has 1 unspecified atom stereocenters. The van der Waals surface area contributed by atoms with Crippen molar-refractivity contribution in [2.45, 2.75) is 13.0 Å². The molecular formula is C10H14Cl2N4O. The molecule has 0 aliphatic carbocycles. The number of hydrazone groups is 1. The summed E-state index contributed by atoms with van der Waals surface area (Å²) < 4.78 is 0. The van der Waals surface area contributed by atoms with Crippen LogP contribution in [0.3, 0.4) is 0 Å². The van der Waals surface area contributed by atoms with Crippen molar-refractivity contribution in [3.63, 3.8) is 0 Å². The molecule has 4 N–H and O–H groups in total. The average molecular weight is 277 g/mol. The average Bonchev–Trinajstić information content (AvgIpc) is 2.47. The lowest BCUT2D eigenvalue weighted by atomic mass is 10.2. The second kappa shape index (κ2) is 5.86. The van der Waals surface area contributed by atoms with Crippen LogP contribution in [-0.2, 0) is 4.79 Å². The second-order valence-corrected chi connectivity index (χ2v) is 3.46. The van der Waals surface area contributed by atoms with Gasteiger partial charge in [-0.1, -0.05) is 0 Å². The number of nitrogens with zero attached hydrogens (tertiary/aromatic N) is 2. The molecule has 1 amide bonds. The minimum absolute atomic E-state index is 0. The zero-order chi connectivity index (χ0) is 11.0. The van der Waals surface area contributed by atoms with Gasteiger partial charge in [-0.05, 0) is 31.2 Å². The van der Waals surface area contributed by atoms with Gasteiger partial charge < -0.3 is 11.5 Å². The third kappa shape index (κ3) is 2.88. The highest BCUT2D eigenvalue weighted by atomic mass is 35.5. The lowest BCUT2D eigenvalue weighted by Crippen LogP contribution is -2.38. The normalized spacial score (nSPS) is 18.2. The van der Waals surface area contributed by atoms with E-state index in [-0.39, 0.29) is 30.7 Å². The van der Waals surface area contributed by atoms with Crippen LogP contribution in [0.2, 0.25) is 0 Å². The maximum absolute atomic E-state index is 11.7. The second-order valence-electron chi connectivity index (χ2n) is 3.46. The maximum Gasteiger partial charge on any atom is 0.270 e. The quantitative estimate of drug-likeness (QED) is 0.755. The fraction of sp³-hybridized carbons (Fsp3) is 0.200. The van der Waals surface area contributed by atoms with Crippen molar-refractivity contribution in [1.29, 1.82) is 0 Å². The zero-order valence-electron chi connectivity index (χ0n) is 9.16. The molecule has 0 saturated heterocycles. The van der Waals surface area contributed by atoms with E-state index in [1.807, 2.05) is 0 Å². The van der Waals surface area contributed by atoms with Gasteiger partial charge in [0.05, 0.1) is 11.4 Å². The number of nitrogen functional groups attached to an aromatic ring is 1. The van der Waals surface area contributed by atoms with Gasteiger partial charge in [0.2, 0.25) is 0 Å². The van der Waals surface area contributed by atoms with Crippen molar-refractivity contribution in [3.05, 3.63) is 24.3 Å². The van der Waals surface area contributed by atoms with Crippen LogP contribution in [-0.4, -0.2) is 17.7 Å². The molecule has 0 radical (unpaired) electrons. The highest BCUT2D eigenvalue weighted by Crippen LogP contribution is 2.20. The van der Waals surface area contributed by atoms with Gasteiger partial charge in [0.25, 0.3) is 5.91 Å². The standard InChI is InChI=1S/C10H12N4O.2ClH/c1-6-9(12)10(15)14(13-6)8-4-2-7(11)3-5-8;;/h2-5,9H,11-12H2,1H3;2*1H. The Bertz CT molecular complexity index is 432. The highest BCUT2D eigenvalue weighted by molar-refractivity contribution is 6.17. The molecule has 1 aromatic rings. The Morgan fingerprint density at radius 2 is 1.76 bits per heavy atom. The van der Waals surface area contributed by atoms with Crippen LogP contribution >= 0.6 is 24.8 Å². The van der Waals surface area contributed by atoms with Gasteiger partial charge in [-0.2, -0.15) is 10.1 Å². The Morgan fingerprint density at radius 1 is 1.24 bits per heavy atom. The Hall–Kier alpha value is -1.30. The van der Waals surface area contributed by atoms with E-state index in [9.17, 15) is 4.79 Å². The van der Waals surface area contributed by atoms with Crippen LogP contribution in [0.5, 0.6) is 0 Å². The summed E-state index contributed by atoms with van der Waals surface area (Å²) in [4.78, 5) is 11.7. The van der Waals surface area contributed by atoms with E-state index in [4.69, 9.17) is 11.5 Å². The molecule has 7 heteroatoms. The molecule has 1 atom stereocenters. The summed E-state index contributed by atoms with van der Waals surface area (Å²) in [5, 5.41) is 5.39. The Morgan fingerprint density at radius 3 is 2.18 bits per heavy atom. The molecule has 1 aliphatic rings. The third-order valence-electron chi connectivity index (χ3n) is 2.32. The number of rotatable bonds is 1. The lowest BCUT2D eigenvalue weighted by molar-refractivity contribution is -0.117. The first-order valence-electron chi connectivity index (χ1n) is 4.60. The van der Waals surface area contributed by atoms with Crippen LogP contribution in [0, 0.1) is 0 Å². The smallest absolute Gasteiger partial charge is 0.270 e. The van der Waals surface area contributed by atoms with Gasteiger partial charge in [-0.25, -0.2) is 0 Å². The molecule has 1 aliphatic heterocycles. The molecular weight excluding hydrogens is 263 g/mol. The largest absolute Gasteiger partial charge is 0.399 e. The molecule has 2 rings (SSSR count). The molecule has 1 aromatic carbocycles. The highest BCUT2D eigenvalue weighted by Gasteiger charge is 2.30. The summed E-state index contributed by atoms with van der Waals surface area (Å²) in [7, 11) is 0. The molecule has 0 spiro atoms. The van der Waals surface area contributed by atoms with Gasteiger partial charge in [-0.15, -0.1) is 24.8 Å². The lowest BCUT2D eigenvalue weighted by Gasteiger charge is -2.12. The molecule has 1 heterocycles. The third-order valence-corrected chi connectivity index (χ3v) is 2.32. The van der Waals surface area contributed by atoms with Crippen LogP contribution in [0.25, 0.3) is 0 Å². The number of carbonyl (C=O) groups is 1. The van der Waals surface area contributed by atoms with E-state index in [0.29, 0.717) is 17.1 Å². The number of hydrogen-bond donors (Lipinski definition) is 2. The van der Waals surface area contributed by atoms with Crippen molar-refractivity contribution in [3.8, 4) is 0 Å². The van der Waals surface area contributed by atoms with Crippen molar-refractivity contribution >= 4 is 47.8 Å². The Balaban J connectivity index is 0.00000128. The zero-order valence-corrected chi connectivity index (χ0v) is 10.8. The number of anilines is 2. The fourth-order valence-corrected chi connectivity index (χ4v) is 1.38. The number of amides is 1. The Kier molecular flexibility index (Phi) is 5.41. The first-order chi connectivity index (χ1) is 7.09. The number of nitrogens with two attached hydrogens (primary N) is 2. The first-order valence-corrected chi connectivity index (χ1v) is 4.60. The van der Waals surface area contributed by atoms with Crippen LogP contribution in [0.4, 0.5) is 11.4 Å². The van der Waals surface area contributed by atoms with E-state index < -0.39 is 6.04 Å². The predicted octanol–water partition coefficient (Wildman–Crippen LogP) is 1.16. The van der Waals surface area contributed by atoms with Crippen LogP contribution in [0.1, 0.15) is 6.92 Å². The van der Waals surface area contributed by atoms with Gasteiger partial charge in [-0.3, -0.25) is 4.79 Å². The van der Waals surface area contributed by atoms with E-state index in [0.717, 1.165) is 0 Å². The summed E-state index contributed by atoms with van der Waals surface area (Å²) in [5.41, 5.74) is 13.1. The van der Waals surface area contributed by atoms with Gasteiger partial charge >= 0.3 is 0 Å². The van der Waals surface area contributed by atoms with Crippen molar-refractivity contribution < 1.29 is 4.79 Å². The van der Waals surface area contributed by atoms with Gasteiger partial charge in [0.1, 0.15) is 6.04 Å². The SMILES string of the molecule is CC1=NN(c2ccc(N)cc2)C(=O)C1N.Cl.Cl. The van der Waals surface area contributed by atoms with Gasteiger partial charge in [0.15, 0.2) is 0 Å². The van der Waals surface area contributed by atoms with Crippen molar-refractivity contribution in [1.82, 2.24) is 0 Å². The van der Waals surface area contributed by atoms with Crippen molar-refractivity contribution in [2.75, 3.05) is 10.7 Å². The molecule has 94 valence electrons. The monoisotopic (exact) mass is 276 g/mol. The maximum atomic E-state index is 11.7. The van der Waals surface area contributed by atoms with E-state index in [2.05, 4.69) is 5.10 Å². The fourth-order valence-electron chi connectivity index (χ4n) is 1.38. The number of benzene rings is 1. The summed E-state index contributed by atoms with van der Waals surface area (Å²) in [6, 6.07) is 6.29. The molecule has 0 bridgehead atoms. The summed E-state index contributed by atoms with van der Waals surface area (Å²) in [5.74, 6) is -0.211. The topological polar surface area (TPSA) is 84.7 Å². The molecule has 5 nitrogen and oxygen atoms in total. The summed E-state index contributed by atoms with van der Waals surface area (Å²) >= 11 is 0. The predicted molar refractivity (Wildman–Crippen MR) is 73.9 cm³/mol. The molecule has 0 saturated carbocycles. The van der Waals surface area contributed by atoms with Crippen LogP contribution in [0.15, 0.2) is 29.4 Å². The van der Waals surface area contributed by atoms with Crippen LogP contribution < -0.4 is 16.5 Å². The van der Waals surface area contributed by atoms with Crippen molar-refractivity contribution in [2.24, 2.45) is 10.8 Å². The molecule has 0 fully saturated rings. The minimum Gasteiger partial charge on any atom is -0.399 e. The number of hydrogen-bond acceptors (Lipinski definition) is 4. The number of halogens is 2. The first kappa shape index (κ1) is 15.7. The van der Waals surface area contributed by atoms with E-state index in [1.165, 1.54) is 5.01 Å². The summed E-state index contributed by atoms with van der Waals surface area (Å²) in [6.45, 7) is 1.74.